The summed E-state index contributed by atoms with van der Waals surface area (Å²) in [6.45, 7) is 7.36. The van der Waals surface area contributed by atoms with Gasteiger partial charge in [-0.1, -0.05) is 33.3 Å². The lowest BCUT2D eigenvalue weighted by Gasteiger charge is -2.43. The first-order valence-corrected chi connectivity index (χ1v) is 8.13. The predicted octanol–water partition coefficient (Wildman–Crippen LogP) is 3.96. The molecule has 0 spiro atoms. The average molecular weight is 291 g/mol. The molecule has 1 fully saturated rings. The van der Waals surface area contributed by atoms with E-state index in [1.165, 1.54) is 5.56 Å². The molecule has 2 rings (SSSR count). The van der Waals surface area contributed by atoms with Crippen LogP contribution >= 0.6 is 0 Å². The van der Waals surface area contributed by atoms with Crippen molar-refractivity contribution >= 4 is 0 Å². The number of rotatable bonds is 7. The zero-order valence-electron chi connectivity index (χ0n) is 13.8. The monoisotopic (exact) mass is 291 g/mol. The lowest BCUT2D eigenvalue weighted by molar-refractivity contribution is 0.197. The Morgan fingerprint density at radius 2 is 2.05 bits per heavy atom. The molecule has 1 saturated carbocycles. The third kappa shape index (κ3) is 3.70. The van der Waals surface area contributed by atoms with E-state index in [1.807, 2.05) is 6.07 Å². The molecule has 1 aliphatic rings. The first kappa shape index (κ1) is 16.2. The van der Waals surface area contributed by atoms with Gasteiger partial charge in [0.05, 0.1) is 13.7 Å². The summed E-state index contributed by atoms with van der Waals surface area (Å²) in [5.74, 6) is 3.51. The maximum atomic E-state index is 6.10. The molecule has 0 aromatic heterocycles. The SMILES string of the molecule is CCC1C(N)CC1c1ccc(OCCC(C)C)c(OC)c1. The van der Waals surface area contributed by atoms with Gasteiger partial charge in [-0.05, 0) is 48.3 Å². The molecule has 3 heteroatoms. The Labute approximate surface area is 128 Å². The van der Waals surface area contributed by atoms with Crippen molar-refractivity contribution in [1.29, 1.82) is 0 Å². The lowest BCUT2D eigenvalue weighted by atomic mass is 9.65. The van der Waals surface area contributed by atoms with Crippen molar-refractivity contribution in [2.45, 2.75) is 52.0 Å². The largest absolute Gasteiger partial charge is 0.493 e. The Morgan fingerprint density at radius 3 is 2.62 bits per heavy atom. The van der Waals surface area contributed by atoms with Gasteiger partial charge in [0.25, 0.3) is 0 Å². The van der Waals surface area contributed by atoms with Gasteiger partial charge in [0.15, 0.2) is 11.5 Å². The minimum atomic E-state index is 0.355. The van der Waals surface area contributed by atoms with E-state index in [2.05, 4.69) is 32.9 Å². The molecule has 1 aliphatic carbocycles. The Balaban J connectivity index is 2.06. The summed E-state index contributed by atoms with van der Waals surface area (Å²) in [5.41, 5.74) is 7.43. The molecule has 1 aromatic rings. The number of nitrogens with two attached hydrogens (primary N) is 1. The molecule has 118 valence electrons. The number of benzene rings is 1. The van der Waals surface area contributed by atoms with E-state index < -0.39 is 0 Å². The fourth-order valence-electron chi connectivity index (χ4n) is 3.15. The predicted molar refractivity (Wildman–Crippen MR) is 87.1 cm³/mol. The van der Waals surface area contributed by atoms with Crippen molar-refractivity contribution in [3.63, 3.8) is 0 Å². The van der Waals surface area contributed by atoms with Crippen LogP contribution in [0.2, 0.25) is 0 Å². The number of ether oxygens (including phenoxy) is 2. The molecule has 0 amide bonds. The minimum Gasteiger partial charge on any atom is -0.493 e. The topological polar surface area (TPSA) is 44.5 Å². The number of hydrogen-bond donors (Lipinski definition) is 1. The standard InChI is InChI=1S/C18H29NO2/c1-5-14-15(11-16(14)19)13-6-7-17(18(10-13)20-4)21-9-8-12(2)3/h6-7,10,12,14-16H,5,8-9,11,19H2,1-4H3. The maximum absolute atomic E-state index is 6.10. The Morgan fingerprint density at radius 1 is 1.29 bits per heavy atom. The van der Waals surface area contributed by atoms with Gasteiger partial charge in [0.1, 0.15) is 0 Å². The second-order valence-corrected chi connectivity index (χ2v) is 6.52. The molecule has 0 radical (unpaired) electrons. The van der Waals surface area contributed by atoms with E-state index in [-0.39, 0.29) is 0 Å². The van der Waals surface area contributed by atoms with Gasteiger partial charge in [0, 0.05) is 6.04 Å². The highest BCUT2D eigenvalue weighted by atomic mass is 16.5. The molecule has 0 aliphatic heterocycles. The van der Waals surface area contributed by atoms with Gasteiger partial charge in [-0.3, -0.25) is 0 Å². The average Bonchev–Trinajstić information content (AvgIpc) is 2.45. The molecular formula is C18H29NO2. The smallest absolute Gasteiger partial charge is 0.161 e. The van der Waals surface area contributed by atoms with E-state index in [9.17, 15) is 0 Å². The van der Waals surface area contributed by atoms with Gasteiger partial charge < -0.3 is 15.2 Å². The molecule has 0 bridgehead atoms. The van der Waals surface area contributed by atoms with Crippen molar-refractivity contribution in [1.82, 2.24) is 0 Å². The van der Waals surface area contributed by atoms with Gasteiger partial charge in [0.2, 0.25) is 0 Å². The van der Waals surface area contributed by atoms with Crippen LogP contribution in [0.5, 0.6) is 11.5 Å². The molecule has 21 heavy (non-hydrogen) atoms. The minimum absolute atomic E-state index is 0.355. The van der Waals surface area contributed by atoms with Crippen molar-refractivity contribution in [3.05, 3.63) is 23.8 Å². The summed E-state index contributed by atoms with van der Waals surface area (Å²) in [7, 11) is 1.71. The fourth-order valence-corrected chi connectivity index (χ4v) is 3.15. The number of hydrogen-bond acceptors (Lipinski definition) is 3. The summed E-state index contributed by atoms with van der Waals surface area (Å²) in [5, 5.41) is 0. The van der Waals surface area contributed by atoms with Crippen LogP contribution in [0.4, 0.5) is 0 Å². The van der Waals surface area contributed by atoms with Crippen LogP contribution < -0.4 is 15.2 Å². The highest BCUT2D eigenvalue weighted by Crippen LogP contribution is 2.45. The Bertz CT molecular complexity index is 459. The molecular weight excluding hydrogens is 262 g/mol. The molecule has 2 N–H and O–H groups in total. The van der Waals surface area contributed by atoms with Crippen LogP contribution in [0, 0.1) is 11.8 Å². The first-order chi connectivity index (χ1) is 10.1. The molecule has 1 aromatic carbocycles. The Hall–Kier alpha value is -1.22. The highest BCUT2D eigenvalue weighted by molar-refractivity contribution is 5.44. The lowest BCUT2D eigenvalue weighted by Crippen LogP contribution is -2.45. The second kappa shape index (κ2) is 7.17. The zero-order valence-corrected chi connectivity index (χ0v) is 13.8. The molecule has 3 nitrogen and oxygen atoms in total. The summed E-state index contributed by atoms with van der Waals surface area (Å²) < 4.78 is 11.4. The zero-order chi connectivity index (χ0) is 15.4. The first-order valence-electron chi connectivity index (χ1n) is 8.13. The van der Waals surface area contributed by atoms with Gasteiger partial charge >= 0.3 is 0 Å². The summed E-state index contributed by atoms with van der Waals surface area (Å²) in [6, 6.07) is 6.70. The summed E-state index contributed by atoms with van der Waals surface area (Å²) in [4.78, 5) is 0. The second-order valence-electron chi connectivity index (χ2n) is 6.52. The van der Waals surface area contributed by atoms with Crippen molar-refractivity contribution in [2.75, 3.05) is 13.7 Å². The fraction of sp³-hybridized carbons (Fsp3) is 0.667. The third-order valence-corrected chi connectivity index (χ3v) is 4.63. The van der Waals surface area contributed by atoms with Crippen LogP contribution in [0.15, 0.2) is 18.2 Å². The van der Waals surface area contributed by atoms with Gasteiger partial charge in [-0.2, -0.15) is 0 Å². The molecule has 0 heterocycles. The summed E-state index contributed by atoms with van der Waals surface area (Å²) in [6.07, 6.45) is 3.27. The van der Waals surface area contributed by atoms with Gasteiger partial charge in [-0.25, -0.2) is 0 Å². The van der Waals surface area contributed by atoms with E-state index in [0.717, 1.165) is 37.4 Å². The van der Waals surface area contributed by atoms with Gasteiger partial charge in [-0.15, -0.1) is 0 Å². The van der Waals surface area contributed by atoms with Crippen LogP contribution in [0.1, 0.15) is 51.5 Å². The highest BCUT2D eigenvalue weighted by Gasteiger charge is 2.38. The van der Waals surface area contributed by atoms with E-state index >= 15 is 0 Å². The normalized spacial score (nSPS) is 24.8. The van der Waals surface area contributed by atoms with Crippen LogP contribution in [0.3, 0.4) is 0 Å². The quantitative estimate of drug-likeness (QED) is 0.827. The van der Waals surface area contributed by atoms with Crippen molar-refractivity contribution < 1.29 is 9.47 Å². The van der Waals surface area contributed by atoms with Crippen LogP contribution in [-0.4, -0.2) is 19.8 Å². The molecule has 0 saturated heterocycles. The molecule has 3 unspecified atom stereocenters. The van der Waals surface area contributed by atoms with Crippen LogP contribution in [0.25, 0.3) is 0 Å². The maximum Gasteiger partial charge on any atom is 0.161 e. The number of methoxy groups -OCH3 is 1. The summed E-state index contributed by atoms with van der Waals surface area (Å²) >= 11 is 0. The third-order valence-electron chi connectivity index (χ3n) is 4.63. The van der Waals surface area contributed by atoms with Crippen molar-refractivity contribution in [2.24, 2.45) is 17.6 Å². The van der Waals surface area contributed by atoms with E-state index in [4.69, 9.17) is 15.2 Å². The van der Waals surface area contributed by atoms with E-state index in [0.29, 0.717) is 23.8 Å². The molecule has 3 atom stereocenters. The van der Waals surface area contributed by atoms with E-state index in [1.54, 1.807) is 7.11 Å². The van der Waals surface area contributed by atoms with Crippen LogP contribution in [-0.2, 0) is 0 Å². The Kier molecular flexibility index (Phi) is 5.51. The van der Waals surface area contributed by atoms with Crippen molar-refractivity contribution in [3.8, 4) is 11.5 Å².